The smallest absolute Gasteiger partial charge is 0.00204 e. The van der Waals surface area contributed by atoms with Gasteiger partial charge in [0.25, 0.3) is 0 Å². The van der Waals surface area contributed by atoms with Crippen molar-refractivity contribution in [2.45, 2.75) is 0 Å². The highest BCUT2D eigenvalue weighted by Crippen LogP contribution is 2.38. The van der Waals surface area contributed by atoms with Crippen LogP contribution in [0.2, 0.25) is 0 Å². The highest BCUT2D eigenvalue weighted by molar-refractivity contribution is 6.29. The molecular weight excluding hydrogens is 432 g/mol. The van der Waals surface area contributed by atoms with Gasteiger partial charge in [-0.25, -0.2) is 0 Å². The van der Waals surface area contributed by atoms with Gasteiger partial charge in [-0.05, 0) is 81.5 Å². The van der Waals surface area contributed by atoms with Gasteiger partial charge in [-0.15, -0.1) is 0 Å². The summed E-state index contributed by atoms with van der Waals surface area (Å²) in [6.45, 7) is 0. The Labute approximate surface area is 208 Å². The van der Waals surface area contributed by atoms with Crippen LogP contribution in [-0.4, -0.2) is 0 Å². The Balaban J connectivity index is 0.000000117. The summed E-state index contributed by atoms with van der Waals surface area (Å²) in [4.78, 5) is 0. The third-order valence-corrected chi connectivity index (χ3v) is 7.76. The van der Waals surface area contributed by atoms with E-state index in [4.69, 9.17) is 0 Å². The molecule has 0 bridgehead atoms. The molecule has 0 amide bonds. The standard InChI is InChI=1S/C20H12.C16H10/c1-2-7-17-15(4-1)12-16-9-8-13-5-3-6-14-10-11-18(17)20(16)19(13)14;1-3-11-7-9-13-5-2-6-14-10-8-12(4-1)15(11)16(13)14/h1-12H;1-10H. The molecule has 0 aromatic heterocycles. The predicted octanol–water partition coefficient (Wildman–Crippen LogP) is 10.3. The summed E-state index contributed by atoms with van der Waals surface area (Å²) in [5.74, 6) is 0. The monoisotopic (exact) mass is 454 g/mol. The fourth-order valence-electron chi connectivity index (χ4n) is 6.16. The van der Waals surface area contributed by atoms with Gasteiger partial charge >= 0.3 is 0 Å². The molecule has 0 fully saturated rings. The topological polar surface area (TPSA) is 0 Å². The van der Waals surface area contributed by atoms with Crippen LogP contribution in [-0.2, 0) is 0 Å². The maximum Gasteiger partial charge on any atom is -0.00204 e. The molecule has 0 atom stereocenters. The summed E-state index contributed by atoms with van der Waals surface area (Å²) in [5, 5.41) is 19.0. The van der Waals surface area contributed by atoms with Gasteiger partial charge in [-0.3, -0.25) is 0 Å². The average Bonchev–Trinajstić information content (AvgIpc) is 2.95. The van der Waals surface area contributed by atoms with Crippen LogP contribution >= 0.6 is 0 Å². The Morgan fingerprint density at radius 1 is 0.222 bits per heavy atom. The van der Waals surface area contributed by atoms with Crippen LogP contribution in [0.3, 0.4) is 0 Å². The van der Waals surface area contributed by atoms with Crippen molar-refractivity contribution in [2.24, 2.45) is 0 Å². The molecule has 0 unspecified atom stereocenters. The molecule has 0 nitrogen and oxygen atoms in total. The van der Waals surface area contributed by atoms with Gasteiger partial charge in [-0.1, -0.05) is 127 Å². The molecule has 0 spiro atoms. The lowest BCUT2D eigenvalue weighted by molar-refractivity contribution is 1.78. The molecule has 0 aliphatic carbocycles. The highest BCUT2D eigenvalue weighted by Gasteiger charge is 2.10. The average molecular weight is 455 g/mol. The second-order valence-electron chi connectivity index (χ2n) is 9.74. The minimum Gasteiger partial charge on any atom is -0.0616 e. The van der Waals surface area contributed by atoms with E-state index in [9.17, 15) is 0 Å². The first-order chi connectivity index (χ1) is 17.8. The number of fused-ring (bicyclic) bond motifs is 2. The van der Waals surface area contributed by atoms with Gasteiger partial charge in [0.15, 0.2) is 0 Å². The number of rotatable bonds is 0. The van der Waals surface area contributed by atoms with Gasteiger partial charge in [0, 0.05) is 0 Å². The molecule has 0 heteroatoms. The van der Waals surface area contributed by atoms with Gasteiger partial charge < -0.3 is 0 Å². The van der Waals surface area contributed by atoms with E-state index in [-0.39, 0.29) is 0 Å². The van der Waals surface area contributed by atoms with E-state index in [1.165, 1.54) is 75.4 Å². The second kappa shape index (κ2) is 7.41. The molecule has 0 heterocycles. The molecule has 0 saturated heterocycles. The van der Waals surface area contributed by atoms with E-state index in [0.717, 1.165) is 0 Å². The van der Waals surface area contributed by atoms with Crippen LogP contribution in [0.5, 0.6) is 0 Å². The quantitative estimate of drug-likeness (QED) is 0.158. The third kappa shape index (κ3) is 2.76. The van der Waals surface area contributed by atoms with Crippen molar-refractivity contribution in [2.75, 3.05) is 0 Å². The van der Waals surface area contributed by atoms with Crippen LogP contribution in [0.25, 0.3) is 75.4 Å². The van der Waals surface area contributed by atoms with Crippen LogP contribution in [0.15, 0.2) is 133 Å². The van der Waals surface area contributed by atoms with Crippen molar-refractivity contribution in [3.63, 3.8) is 0 Å². The summed E-state index contributed by atoms with van der Waals surface area (Å²) in [7, 11) is 0. The molecule has 166 valence electrons. The molecule has 9 aromatic carbocycles. The minimum atomic E-state index is 1.32. The van der Waals surface area contributed by atoms with Crippen molar-refractivity contribution >= 4 is 75.4 Å². The highest BCUT2D eigenvalue weighted by atomic mass is 14.1. The Morgan fingerprint density at radius 2 is 0.611 bits per heavy atom. The van der Waals surface area contributed by atoms with E-state index >= 15 is 0 Å². The first kappa shape index (κ1) is 19.6. The Kier molecular flexibility index (Phi) is 4.03. The lowest BCUT2D eigenvalue weighted by Gasteiger charge is -2.12. The van der Waals surface area contributed by atoms with Crippen LogP contribution in [0.1, 0.15) is 0 Å². The van der Waals surface area contributed by atoms with Crippen molar-refractivity contribution in [1.82, 2.24) is 0 Å². The second-order valence-corrected chi connectivity index (χ2v) is 9.74. The summed E-state index contributed by atoms with van der Waals surface area (Å²) in [5.41, 5.74) is 0. The van der Waals surface area contributed by atoms with Gasteiger partial charge in [0.2, 0.25) is 0 Å². The molecule has 9 rings (SSSR count). The minimum absolute atomic E-state index is 1.32. The molecule has 0 aliphatic rings. The normalized spacial score (nSPS) is 11.9. The van der Waals surface area contributed by atoms with Crippen LogP contribution in [0, 0.1) is 0 Å². The summed E-state index contributed by atoms with van der Waals surface area (Å²) >= 11 is 0. The lowest BCUT2D eigenvalue weighted by Crippen LogP contribution is -1.85. The first-order valence-corrected chi connectivity index (χ1v) is 12.5. The zero-order chi connectivity index (χ0) is 23.6. The van der Waals surface area contributed by atoms with Crippen molar-refractivity contribution in [1.29, 1.82) is 0 Å². The summed E-state index contributed by atoms with van der Waals surface area (Å²) < 4.78 is 0. The number of hydrogen-bond acceptors (Lipinski definition) is 0. The Hall–Kier alpha value is -4.68. The molecule has 0 aliphatic heterocycles. The van der Waals surface area contributed by atoms with Crippen molar-refractivity contribution in [3.05, 3.63) is 133 Å². The largest absolute Gasteiger partial charge is 0.0616 e. The number of benzene rings is 9. The fraction of sp³-hybridized carbons (Fsp3) is 0. The van der Waals surface area contributed by atoms with Gasteiger partial charge in [0.05, 0.1) is 0 Å². The third-order valence-electron chi connectivity index (χ3n) is 7.76. The predicted molar refractivity (Wildman–Crippen MR) is 158 cm³/mol. The molecule has 0 radical (unpaired) electrons. The summed E-state index contributed by atoms with van der Waals surface area (Å²) in [6, 6.07) is 48.4. The lowest BCUT2D eigenvalue weighted by atomic mass is 9.91. The van der Waals surface area contributed by atoms with Crippen LogP contribution < -0.4 is 0 Å². The summed E-state index contributed by atoms with van der Waals surface area (Å²) in [6.07, 6.45) is 0. The van der Waals surface area contributed by atoms with Gasteiger partial charge in [-0.2, -0.15) is 0 Å². The Morgan fingerprint density at radius 3 is 1.14 bits per heavy atom. The Bertz CT molecular complexity index is 2050. The molecule has 9 aromatic rings. The van der Waals surface area contributed by atoms with Crippen LogP contribution in [0.4, 0.5) is 0 Å². The molecule has 36 heavy (non-hydrogen) atoms. The molecule has 0 saturated carbocycles. The molecule has 0 N–H and O–H groups in total. The zero-order valence-electron chi connectivity index (χ0n) is 19.7. The molecular formula is C36H22. The SMILES string of the molecule is c1cc2ccc3cccc4ccc(c1)c2c34.c1ccc2c(c1)cc1ccc3cccc4ccc2c1c34. The fourth-order valence-corrected chi connectivity index (χ4v) is 6.16. The van der Waals surface area contributed by atoms with E-state index < -0.39 is 0 Å². The van der Waals surface area contributed by atoms with E-state index in [1.807, 2.05) is 0 Å². The number of hydrogen-bond donors (Lipinski definition) is 0. The van der Waals surface area contributed by atoms with E-state index in [1.54, 1.807) is 0 Å². The van der Waals surface area contributed by atoms with Crippen molar-refractivity contribution in [3.8, 4) is 0 Å². The van der Waals surface area contributed by atoms with Gasteiger partial charge in [0.1, 0.15) is 0 Å². The van der Waals surface area contributed by atoms with Crippen molar-refractivity contribution < 1.29 is 0 Å². The van der Waals surface area contributed by atoms with E-state index in [0.29, 0.717) is 0 Å². The first-order valence-electron chi connectivity index (χ1n) is 12.5. The maximum absolute atomic E-state index is 2.31. The van der Waals surface area contributed by atoms with E-state index in [2.05, 4.69) is 133 Å². The maximum atomic E-state index is 2.31. The zero-order valence-corrected chi connectivity index (χ0v) is 19.7.